The van der Waals surface area contributed by atoms with Crippen LogP contribution in [-0.4, -0.2) is 15.0 Å². The van der Waals surface area contributed by atoms with Gasteiger partial charge in [-0.2, -0.15) is 15.0 Å². The molecule has 0 radical (unpaired) electrons. The minimum Gasteiger partial charge on any atom is -0.368 e. The zero-order valence-corrected chi connectivity index (χ0v) is 8.80. The van der Waals surface area contributed by atoms with Gasteiger partial charge in [-0.3, -0.25) is 0 Å². The Balaban J connectivity index is 2.05. The number of nitrogens with two attached hydrogens (primary N) is 2. The van der Waals surface area contributed by atoms with Crippen LogP contribution in [0.3, 0.4) is 0 Å². The van der Waals surface area contributed by atoms with Crippen molar-refractivity contribution >= 4 is 11.9 Å². The van der Waals surface area contributed by atoms with Crippen LogP contribution in [0, 0.1) is 0 Å². The first-order valence-electron chi connectivity index (χ1n) is 5.04. The molecule has 0 unspecified atom stereocenters. The molecule has 16 heavy (non-hydrogen) atoms. The van der Waals surface area contributed by atoms with Gasteiger partial charge >= 0.3 is 0 Å². The Hall–Kier alpha value is -2.17. The van der Waals surface area contributed by atoms with E-state index < -0.39 is 0 Å². The molecule has 1 heterocycles. The third-order valence-electron chi connectivity index (χ3n) is 2.20. The lowest BCUT2D eigenvalue weighted by Gasteiger charge is -2.02. The van der Waals surface area contributed by atoms with Crippen LogP contribution in [0.1, 0.15) is 11.4 Å². The van der Waals surface area contributed by atoms with Gasteiger partial charge < -0.3 is 11.5 Å². The number of hydrogen-bond acceptors (Lipinski definition) is 5. The van der Waals surface area contributed by atoms with E-state index in [1.165, 1.54) is 5.56 Å². The van der Waals surface area contributed by atoms with Gasteiger partial charge in [-0.1, -0.05) is 30.3 Å². The summed E-state index contributed by atoms with van der Waals surface area (Å²) < 4.78 is 0. The van der Waals surface area contributed by atoms with E-state index in [1.54, 1.807) is 0 Å². The maximum atomic E-state index is 5.49. The standard InChI is InChI=1S/C11H13N5/c12-10-14-9(15-11(13)16-10)7-6-8-4-2-1-3-5-8/h1-5H,6-7H2,(H4,12,13,14,15,16). The summed E-state index contributed by atoms with van der Waals surface area (Å²) in [6.07, 6.45) is 1.57. The zero-order chi connectivity index (χ0) is 11.4. The SMILES string of the molecule is Nc1nc(N)nc(CCc2ccccc2)n1. The molecule has 0 bridgehead atoms. The van der Waals surface area contributed by atoms with Gasteiger partial charge in [-0.25, -0.2) is 0 Å². The molecule has 1 aromatic carbocycles. The van der Waals surface area contributed by atoms with E-state index in [-0.39, 0.29) is 11.9 Å². The van der Waals surface area contributed by atoms with Gasteiger partial charge in [-0.15, -0.1) is 0 Å². The number of rotatable bonds is 3. The smallest absolute Gasteiger partial charge is 0.225 e. The summed E-state index contributed by atoms with van der Waals surface area (Å²) in [5.74, 6) is 0.986. The Morgan fingerprint density at radius 2 is 1.44 bits per heavy atom. The van der Waals surface area contributed by atoms with E-state index in [4.69, 9.17) is 11.5 Å². The molecule has 0 saturated carbocycles. The molecule has 2 aromatic rings. The van der Waals surface area contributed by atoms with Gasteiger partial charge in [0.15, 0.2) is 0 Å². The van der Waals surface area contributed by atoms with E-state index >= 15 is 0 Å². The van der Waals surface area contributed by atoms with Gasteiger partial charge in [-0.05, 0) is 12.0 Å². The molecule has 0 aliphatic carbocycles. The second-order valence-electron chi connectivity index (χ2n) is 3.45. The van der Waals surface area contributed by atoms with Crippen LogP contribution in [-0.2, 0) is 12.8 Å². The van der Waals surface area contributed by atoms with E-state index in [1.807, 2.05) is 18.2 Å². The minimum atomic E-state index is 0.176. The molecule has 5 heteroatoms. The van der Waals surface area contributed by atoms with Crippen molar-refractivity contribution in [3.8, 4) is 0 Å². The normalized spacial score (nSPS) is 10.2. The number of nitrogens with zero attached hydrogens (tertiary/aromatic N) is 3. The maximum absolute atomic E-state index is 5.49. The lowest BCUT2D eigenvalue weighted by atomic mass is 10.1. The van der Waals surface area contributed by atoms with Crippen molar-refractivity contribution in [2.75, 3.05) is 11.5 Å². The number of aromatic nitrogens is 3. The first-order chi connectivity index (χ1) is 7.74. The molecule has 0 amide bonds. The highest BCUT2D eigenvalue weighted by Gasteiger charge is 2.02. The van der Waals surface area contributed by atoms with Crippen molar-refractivity contribution in [3.05, 3.63) is 41.7 Å². The van der Waals surface area contributed by atoms with Crippen molar-refractivity contribution < 1.29 is 0 Å². The fourth-order valence-corrected chi connectivity index (χ4v) is 1.47. The second kappa shape index (κ2) is 4.57. The second-order valence-corrected chi connectivity index (χ2v) is 3.45. The molecular formula is C11H13N5. The first kappa shape index (κ1) is 10.4. The Morgan fingerprint density at radius 3 is 2.06 bits per heavy atom. The van der Waals surface area contributed by atoms with Gasteiger partial charge in [0.25, 0.3) is 0 Å². The average Bonchev–Trinajstić information content (AvgIpc) is 2.27. The van der Waals surface area contributed by atoms with Crippen LogP contribution in [0.2, 0.25) is 0 Å². The maximum Gasteiger partial charge on any atom is 0.225 e. The summed E-state index contributed by atoms with van der Waals surface area (Å²) >= 11 is 0. The Kier molecular flexibility index (Phi) is 2.95. The number of anilines is 2. The third-order valence-corrected chi connectivity index (χ3v) is 2.20. The summed E-state index contributed by atoms with van der Waals surface area (Å²) in [4.78, 5) is 11.8. The van der Waals surface area contributed by atoms with Gasteiger partial charge in [0.05, 0.1) is 0 Å². The molecule has 5 nitrogen and oxygen atoms in total. The lowest BCUT2D eigenvalue weighted by molar-refractivity contribution is 0.847. The van der Waals surface area contributed by atoms with Crippen LogP contribution in [0.15, 0.2) is 30.3 Å². The number of benzene rings is 1. The van der Waals surface area contributed by atoms with E-state index in [0.29, 0.717) is 12.2 Å². The van der Waals surface area contributed by atoms with Crippen molar-refractivity contribution in [2.45, 2.75) is 12.8 Å². The van der Waals surface area contributed by atoms with Crippen LogP contribution in [0.4, 0.5) is 11.9 Å². The van der Waals surface area contributed by atoms with Crippen LogP contribution in [0.5, 0.6) is 0 Å². The van der Waals surface area contributed by atoms with Gasteiger partial charge in [0.2, 0.25) is 11.9 Å². The summed E-state index contributed by atoms with van der Waals surface area (Å²) in [5, 5.41) is 0. The predicted molar refractivity (Wildman–Crippen MR) is 62.5 cm³/mol. The van der Waals surface area contributed by atoms with Gasteiger partial charge in [0, 0.05) is 6.42 Å². The Bertz CT molecular complexity index is 449. The minimum absolute atomic E-state index is 0.176. The average molecular weight is 215 g/mol. The summed E-state index contributed by atoms with van der Waals surface area (Å²) in [5.41, 5.74) is 12.2. The van der Waals surface area contributed by atoms with Gasteiger partial charge in [0.1, 0.15) is 5.82 Å². The molecule has 4 N–H and O–H groups in total. The third kappa shape index (κ3) is 2.66. The lowest BCUT2D eigenvalue weighted by Crippen LogP contribution is -2.07. The van der Waals surface area contributed by atoms with Crippen LogP contribution in [0.25, 0.3) is 0 Å². The number of hydrogen-bond donors (Lipinski definition) is 2. The molecule has 0 atom stereocenters. The van der Waals surface area contributed by atoms with E-state index in [9.17, 15) is 0 Å². The number of nitrogen functional groups attached to an aromatic ring is 2. The molecule has 2 rings (SSSR count). The van der Waals surface area contributed by atoms with Crippen molar-refractivity contribution in [1.29, 1.82) is 0 Å². The van der Waals surface area contributed by atoms with Crippen molar-refractivity contribution in [3.63, 3.8) is 0 Å². The van der Waals surface area contributed by atoms with E-state index in [0.717, 1.165) is 6.42 Å². The van der Waals surface area contributed by atoms with Crippen molar-refractivity contribution in [1.82, 2.24) is 15.0 Å². The molecule has 0 saturated heterocycles. The van der Waals surface area contributed by atoms with E-state index in [2.05, 4.69) is 27.1 Å². The fraction of sp³-hybridized carbons (Fsp3) is 0.182. The molecular weight excluding hydrogens is 202 g/mol. The highest BCUT2D eigenvalue weighted by Crippen LogP contribution is 2.05. The van der Waals surface area contributed by atoms with Crippen LogP contribution >= 0.6 is 0 Å². The molecule has 1 aromatic heterocycles. The quantitative estimate of drug-likeness (QED) is 0.791. The molecule has 0 aliphatic heterocycles. The van der Waals surface area contributed by atoms with Crippen LogP contribution < -0.4 is 11.5 Å². The topological polar surface area (TPSA) is 90.7 Å². The largest absolute Gasteiger partial charge is 0.368 e. The number of aryl methyl sites for hydroxylation is 2. The molecule has 82 valence electrons. The van der Waals surface area contributed by atoms with Crippen molar-refractivity contribution in [2.24, 2.45) is 0 Å². The zero-order valence-electron chi connectivity index (χ0n) is 8.80. The fourth-order valence-electron chi connectivity index (χ4n) is 1.47. The monoisotopic (exact) mass is 215 g/mol. The summed E-state index contributed by atoms with van der Waals surface area (Å²) in [6.45, 7) is 0. The summed E-state index contributed by atoms with van der Waals surface area (Å²) in [7, 11) is 0. The highest BCUT2D eigenvalue weighted by molar-refractivity contribution is 5.26. The predicted octanol–water partition coefficient (Wildman–Crippen LogP) is 0.821. The molecule has 0 aliphatic rings. The Morgan fingerprint density at radius 1 is 0.812 bits per heavy atom. The first-order valence-corrected chi connectivity index (χ1v) is 5.04. The molecule has 0 fully saturated rings. The summed E-state index contributed by atoms with van der Waals surface area (Å²) in [6, 6.07) is 10.1. The highest BCUT2D eigenvalue weighted by atomic mass is 15.1. The Labute approximate surface area is 93.6 Å². The molecule has 0 spiro atoms.